The van der Waals surface area contributed by atoms with Crippen molar-refractivity contribution in [1.82, 2.24) is 30.2 Å². The van der Waals surface area contributed by atoms with Crippen molar-refractivity contribution in [3.8, 4) is 11.4 Å². The Morgan fingerprint density at radius 1 is 1.30 bits per heavy atom. The molecule has 0 unspecified atom stereocenters. The minimum absolute atomic E-state index is 0.211. The van der Waals surface area contributed by atoms with Gasteiger partial charge in [-0.15, -0.1) is 0 Å². The van der Waals surface area contributed by atoms with Gasteiger partial charge in [-0.1, -0.05) is 5.16 Å². The van der Waals surface area contributed by atoms with E-state index in [9.17, 15) is 0 Å². The van der Waals surface area contributed by atoms with Crippen LogP contribution in [0.5, 0.6) is 0 Å². The standard InChI is InChI=1S/C16H20N6O/c1-11-7-19-22(10-11)13(3)12(2)18-9-15-20-16(21-23-15)14-5-4-6-17-8-14/h4-8,10,12-13,18H,9H2,1-3H3/t12-,13+/m0/s1. The highest BCUT2D eigenvalue weighted by Gasteiger charge is 2.16. The molecule has 7 nitrogen and oxygen atoms in total. The predicted molar refractivity (Wildman–Crippen MR) is 85.5 cm³/mol. The number of aryl methyl sites for hydroxylation is 1. The van der Waals surface area contributed by atoms with Crippen LogP contribution in [0.25, 0.3) is 11.4 Å². The first-order valence-electron chi connectivity index (χ1n) is 7.60. The van der Waals surface area contributed by atoms with E-state index >= 15 is 0 Å². The van der Waals surface area contributed by atoms with Gasteiger partial charge in [0, 0.05) is 30.2 Å². The van der Waals surface area contributed by atoms with Crippen molar-refractivity contribution in [3.63, 3.8) is 0 Å². The molecule has 0 bridgehead atoms. The molecule has 3 aromatic heterocycles. The summed E-state index contributed by atoms with van der Waals surface area (Å²) in [6, 6.07) is 4.19. The minimum Gasteiger partial charge on any atom is -0.338 e. The SMILES string of the molecule is Cc1cnn([C@H](C)[C@H](C)NCc2nc(-c3cccnc3)no2)c1. The van der Waals surface area contributed by atoms with Crippen LogP contribution >= 0.6 is 0 Å². The molecule has 0 saturated carbocycles. The fraction of sp³-hybridized carbons (Fsp3) is 0.375. The summed E-state index contributed by atoms with van der Waals surface area (Å²) in [4.78, 5) is 8.44. The Morgan fingerprint density at radius 3 is 2.87 bits per heavy atom. The Morgan fingerprint density at radius 2 is 2.17 bits per heavy atom. The fourth-order valence-electron chi connectivity index (χ4n) is 2.24. The molecule has 0 aromatic carbocycles. The van der Waals surface area contributed by atoms with Crippen molar-refractivity contribution in [3.05, 3.63) is 48.4 Å². The van der Waals surface area contributed by atoms with E-state index < -0.39 is 0 Å². The molecule has 0 radical (unpaired) electrons. The Bertz CT molecular complexity index is 751. The second-order valence-corrected chi connectivity index (χ2v) is 5.66. The highest BCUT2D eigenvalue weighted by molar-refractivity contribution is 5.51. The van der Waals surface area contributed by atoms with Crippen LogP contribution in [0.1, 0.15) is 31.3 Å². The van der Waals surface area contributed by atoms with Crippen molar-refractivity contribution in [1.29, 1.82) is 0 Å². The zero-order valence-electron chi connectivity index (χ0n) is 13.5. The van der Waals surface area contributed by atoms with Crippen LogP contribution in [0.15, 0.2) is 41.4 Å². The first-order valence-corrected chi connectivity index (χ1v) is 7.60. The smallest absolute Gasteiger partial charge is 0.240 e. The summed E-state index contributed by atoms with van der Waals surface area (Å²) in [6.45, 7) is 6.78. The Labute approximate surface area is 134 Å². The van der Waals surface area contributed by atoms with Crippen LogP contribution in [0, 0.1) is 6.92 Å². The monoisotopic (exact) mass is 312 g/mol. The third-order valence-corrected chi connectivity index (χ3v) is 3.83. The third-order valence-electron chi connectivity index (χ3n) is 3.83. The summed E-state index contributed by atoms with van der Waals surface area (Å²) in [5.41, 5.74) is 2.00. The number of hydrogen-bond acceptors (Lipinski definition) is 6. The predicted octanol–water partition coefficient (Wildman–Crippen LogP) is 2.38. The molecule has 3 heterocycles. The van der Waals surface area contributed by atoms with Gasteiger partial charge in [0.1, 0.15) is 0 Å². The molecule has 120 valence electrons. The summed E-state index contributed by atoms with van der Waals surface area (Å²) >= 11 is 0. The van der Waals surface area contributed by atoms with Gasteiger partial charge >= 0.3 is 0 Å². The maximum atomic E-state index is 5.29. The van der Waals surface area contributed by atoms with Gasteiger partial charge in [-0.05, 0) is 38.5 Å². The van der Waals surface area contributed by atoms with Crippen LogP contribution in [0.2, 0.25) is 0 Å². The second kappa shape index (κ2) is 6.70. The molecule has 23 heavy (non-hydrogen) atoms. The fourth-order valence-corrected chi connectivity index (χ4v) is 2.24. The molecule has 7 heteroatoms. The molecule has 2 atom stereocenters. The largest absolute Gasteiger partial charge is 0.338 e. The van der Waals surface area contributed by atoms with Gasteiger partial charge in [0.2, 0.25) is 11.7 Å². The summed E-state index contributed by atoms with van der Waals surface area (Å²) < 4.78 is 7.25. The Balaban J connectivity index is 1.59. The maximum Gasteiger partial charge on any atom is 0.240 e. The number of pyridine rings is 1. The quantitative estimate of drug-likeness (QED) is 0.752. The first-order chi connectivity index (χ1) is 11.1. The number of nitrogens with zero attached hydrogens (tertiary/aromatic N) is 5. The molecule has 3 aromatic rings. The van der Waals surface area contributed by atoms with Gasteiger partial charge in [0.25, 0.3) is 0 Å². The van der Waals surface area contributed by atoms with Crippen LogP contribution in [-0.2, 0) is 6.54 Å². The van der Waals surface area contributed by atoms with Crippen LogP contribution < -0.4 is 5.32 Å². The average molecular weight is 312 g/mol. The van der Waals surface area contributed by atoms with Gasteiger partial charge in [-0.2, -0.15) is 10.1 Å². The molecular formula is C16H20N6O. The van der Waals surface area contributed by atoms with E-state index in [-0.39, 0.29) is 12.1 Å². The molecule has 3 rings (SSSR count). The van der Waals surface area contributed by atoms with Crippen molar-refractivity contribution in [2.75, 3.05) is 0 Å². The van der Waals surface area contributed by atoms with E-state index in [1.165, 1.54) is 0 Å². The van der Waals surface area contributed by atoms with E-state index in [0.29, 0.717) is 18.3 Å². The zero-order chi connectivity index (χ0) is 16.2. The molecule has 0 spiro atoms. The summed E-state index contributed by atoms with van der Waals surface area (Å²) in [7, 11) is 0. The van der Waals surface area contributed by atoms with E-state index in [1.807, 2.05) is 36.1 Å². The van der Waals surface area contributed by atoms with Crippen LogP contribution in [0.4, 0.5) is 0 Å². The van der Waals surface area contributed by atoms with E-state index in [0.717, 1.165) is 11.1 Å². The highest BCUT2D eigenvalue weighted by atomic mass is 16.5. The van der Waals surface area contributed by atoms with E-state index in [4.69, 9.17) is 4.52 Å². The Kier molecular flexibility index (Phi) is 4.47. The average Bonchev–Trinajstić information content (AvgIpc) is 3.22. The lowest BCUT2D eigenvalue weighted by Crippen LogP contribution is -2.33. The van der Waals surface area contributed by atoms with E-state index in [2.05, 4.69) is 39.4 Å². The minimum atomic E-state index is 0.211. The van der Waals surface area contributed by atoms with Gasteiger partial charge in [0.15, 0.2) is 0 Å². The molecular weight excluding hydrogens is 292 g/mol. The van der Waals surface area contributed by atoms with Crippen molar-refractivity contribution >= 4 is 0 Å². The molecule has 1 N–H and O–H groups in total. The summed E-state index contributed by atoms with van der Waals surface area (Å²) in [5.74, 6) is 1.11. The normalized spacial score (nSPS) is 13.9. The lowest BCUT2D eigenvalue weighted by Gasteiger charge is -2.20. The van der Waals surface area contributed by atoms with Crippen LogP contribution in [0.3, 0.4) is 0 Å². The van der Waals surface area contributed by atoms with Gasteiger partial charge in [0.05, 0.1) is 18.8 Å². The lowest BCUT2D eigenvalue weighted by molar-refractivity contribution is 0.325. The molecule has 0 fully saturated rings. The Hall–Kier alpha value is -2.54. The van der Waals surface area contributed by atoms with Crippen LogP contribution in [-0.4, -0.2) is 30.9 Å². The zero-order valence-corrected chi connectivity index (χ0v) is 13.5. The van der Waals surface area contributed by atoms with Crippen molar-refractivity contribution < 1.29 is 4.52 Å². The van der Waals surface area contributed by atoms with Gasteiger partial charge in [-0.3, -0.25) is 9.67 Å². The molecule has 0 amide bonds. The number of rotatable bonds is 6. The molecule has 0 aliphatic rings. The van der Waals surface area contributed by atoms with E-state index in [1.54, 1.807) is 12.4 Å². The number of nitrogens with one attached hydrogen (secondary N) is 1. The maximum absolute atomic E-state index is 5.29. The van der Waals surface area contributed by atoms with Gasteiger partial charge < -0.3 is 9.84 Å². The molecule has 0 saturated heterocycles. The third kappa shape index (κ3) is 3.62. The van der Waals surface area contributed by atoms with Gasteiger partial charge in [-0.25, -0.2) is 0 Å². The summed E-state index contributed by atoms with van der Waals surface area (Å²) in [6.07, 6.45) is 7.33. The topological polar surface area (TPSA) is 81.7 Å². The second-order valence-electron chi connectivity index (χ2n) is 5.66. The highest BCUT2D eigenvalue weighted by Crippen LogP contribution is 2.15. The molecule has 0 aliphatic heterocycles. The number of hydrogen-bond donors (Lipinski definition) is 1. The van der Waals surface area contributed by atoms with Crippen molar-refractivity contribution in [2.45, 2.75) is 39.4 Å². The first kappa shape index (κ1) is 15.4. The number of aromatic nitrogens is 5. The van der Waals surface area contributed by atoms with Crippen molar-refractivity contribution in [2.24, 2.45) is 0 Å². The lowest BCUT2D eigenvalue weighted by atomic mass is 10.2. The molecule has 0 aliphatic carbocycles. The summed E-state index contributed by atoms with van der Waals surface area (Å²) in [5, 5.41) is 11.7.